The van der Waals surface area contributed by atoms with Gasteiger partial charge in [0.05, 0.1) is 29.5 Å². The van der Waals surface area contributed by atoms with Crippen molar-refractivity contribution < 1.29 is 23.9 Å². The summed E-state index contributed by atoms with van der Waals surface area (Å²) >= 11 is 0. The molecule has 0 aliphatic carbocycles. The van der Waals surface area contributed by atoms with Crippen molar-refractivity contribution in [3.63, 3.8) is 0 Å². The van der Waals surface area contributed by atoms with Gasteiger partial charge in [-0.3, -0.25) is 0 Å². The van der Waals surface area contributed by atoms with Gasteiger partial charge in [-0.15, -0.1) is 0 Å². The lowest BCUT2D eigenvalue weighted by Crippen LogP contribution is -2.51. The average Bonchev–Trinajstić information content (AvgIpc) is 3.02. The van der Waals surface area contributed by atoms with Gasteiger partial charge in [-0.25, -0.2) is 14.4 Å². The number of ether oxygens (including phenoxy) is 2. The summed E-state index contributed by atoms with van der Waals surface area (Å²) in [4.78, 5) is 36.9. The highest BCUT2D eigenvalue weighted by molar-refractivity contribution is 6.04. The van der Waals surface area contributed by atoms with Crippen molar-refractivity contribution in [2.45, 2.75) is 26.3 Å². The van der Waals surface area contributed by atoms with E-state index >= 15 is 0 Å². The van der Waals surface area contributed by atoms with Crippen LogP contribution in [0.25, 0.3) is 10.9 Å². The fourth-order valence-electron chi connectivity index (χ4n) is 3.30. The Morgan fingerprint density at radius 2 is 1.89 bits per heavy atom. The second kappa shape index (κ2) is 8.16. The van der Waals surface area contributed by atoms with Crippen LogP contribution in [0.1, 0.15) is 30.6 Å². The summed E-state index contributed by atoms with van der Waals surface area (Å²) in [5.41, 5.74) is 1.84. The highest BCUT2D eigenvalue weighted by Gasteiger charge is 2.32. The molecule has 8 nitrogen and oxygen atoms in total. The summed E-state index contributed by atoms with van der Waals surface area (Å²) in [7, 11) is 1.85. The van der Waals surface area contributed by atoms with Gasteiger partial charge in [0.25, 0.3) is 0 Å². The van der Waals surface area contributed by atoms with Gasteiger partial charge in [0.15, 0.2) is 0 Å². The normalized spacial score (nSPS) is 16.5. The number of esters is 2. The Labute approximate surface area is 162 Å². The van der Waals surface area contributed by atoms with Gasteiger partial charge >= 0.3 is 18.0 Å². The number of nitrogens with one attached hydrogen (secondary N) is 2. The zero-order chi connectivity index (χ0) is 20.3. The van der Waals surface area contributed by atoms with Crippen molar-refractivity contribution in [3.05, 3.63) is 47.3 Å². The maximum absolute atomic E-state index is 12.6. The quantitative estimate of drug-likeness (QED) is 0.743. The second-order valence-electron chi connectivity index (χ2n) is 6.42. The molecule has 2 amide bonds. The van der Waals surface area contributed by atoms with Gasteiger partial charge in [-0.2, -0.15) is 0 Å². The predicted octanol–water partition coefficient (Wildman–Crippen LogP) is 2.24. The molecule has 2 N–H and O–H groups in total. The number of aromatic nitrogens is 1. The number of nitrogens with zero attached hydrogens (tertiary/aromatic N) is 1. The molecule has 0 saturated heterocycles. The number of benzene rings is 1. The molecule has 3 rings (SSSR count). The lowest BCUT2D eigenvalue weighted by molar-refractivity contribution is -0.139. The lowest BCUT2D eigenvalue weighted by Gasteiger charge is -2.28. The van der Waals surface area contributed by atoms with Crippen molar-refractivity contribution in [2.75, 3.05) is 13.2 Å². The molecule has 1 aromatic carbocycles. The lowest BCUT2D eigenvalue weighted by atomic mass is 10.0. The molecule has 28 heavy (non-hydrogen) atoms. The number of hydrogen-bond donors (Lipinski definition) is 2. The first-order chi connectivity index (χ1) is 13.5. The van der Waals surface area contributed by atoms with E-state index < -0.39 is 24.0 Å². The summed E-state index contributed by atoms with van der Waals surface area (Å²) in [5, 5.41) is 6.02. The van der Waals surface area contributed by atoms with E-state index in [1.54, 1.807) is 13.1 Å². The Bertz CT molecular complexity index is 960. The number of fused-ring (bicyclic) bond motifs is 1. The summed E-state index contributed by atoms with van der Waals surface area (Å²) in [6, 6.07) is 6.54. The molecule has 1 aliphatic heterocycles. The maximum atomic E-state index is 12.6. The van der Waals surface area contributed by atoms with Gasteiger partial charge < -0.3 is 24.7 Å². The van der Waals surface area contributed by atoms with Crippen LogP contribution in [0.5, 0.6) is 0 Å². The standard InChI is InChI=1S/C20H23N3O5/c1-4-14-17(19(25)27-5-2)15(22-20(26)21-14)11-28-18(24)13-10-23(3)16-9-7-6-8-12(13)16/h6-10,14H,4-5,11H2,1-3H3,(H2,21,22,26)/t14-/m1/s1. The van der Waals surface area contributed by atoms with Crippen LogP contribution in [-0.2, 0) is 21.3 Å². The van der Waals surface area contributed by atoms with E-state index in [-0.39, 0.29) is 24.5 Å². The minimum absolute atomic E-state index is 0.204. The van der Waals surface area contributed by atoms with E-state index in [0.29, 0.717) is 12.0 Å². The molecular formula is C20H23N3O5. The number of carbonyl (C=O) groups excluding carboxylic acids is 3. The fraction of sp³-hybridized carbons (Fsp3) is 0.350. The number of amides is 2. The monoisotopic (exact) mass is 385 g/mol. The molecule has 0 bridgehead atoms. The third kappa shape index (κ3) is 3.71. The molecule has 1 aromatic heterocycles. The zero-order valence-corrected chi connectivity index (χ0v) is 16.1. The third-order valence-electron chi connectivity index (χ3n) is 4.61. The van der Waals surface area contributed by atoms with E-state index in [9.17, 15) is 14.4 Å². The predicted molar refractivity (Wildman–Crippen MR) is 103 cm³/mol. The van der Waals surface area contributed by atoms with Crippen LogP contribution in [0.3, 0.4) is 0 Å². The summed E-state index contributed by atoms with van der Waals surface area (Å²) < 4.78 is 12.4. The first-order valence-electron chi connectivity index (χ1n) is 9.15. The first kappa shape index (κ1) is 19.5. The third-order valence-corrected chi connectivity index (χ3v) is 4.61. The average molecular weight is 385 g/mol. The Hall–Kier alpha value is -3.29. The van der Waals surface area contributed by atoms with Crippen LogP contribution in [0.2, 0.25) is 0 Å². The van der Waals surface area contributed by atoms with Crippen LogP contribution in [0.4, 0.5) is 4.79 Å². The largest absolute Gasteiger partial charge is 0.463 e. The molecule has 0 saturated carbocycles. The first-order valence-corrected chi connectivity index (χ1v) is 9.15. The molecule has 0 spiro atoms. The molecule has 2 heterocycles. The van der Waals surface area contributed by atoms with Crippen LogP contribution in [0, 0.1) is 0 Å². The fourth-order valence-corrected chi connectivity index (χ4v) is 3.30. The number of urea groups is 1. The van der Waals surface area contributed by atoms with Crippen molar-refractivity contribution in [3.8, 4) is 0 Å². The molecule has 148 valence electrons. The van der Waals surface area contributed by atoms with E-state index in [1.807, 2.05) is 42.8 Å². The Morgan fingerprint density at radius 1 is 1.14 bits per heavy atom. The van der Waals surface area contributed by atoms with Crippen molar-refractivity contribution in [1.82, 2.24) is 15.2 Å². The summed E-state index contributed by atoms with van der Waals surface area (Å²) in [6.45, 7) is 3.51. The molecule has 0 fully saturated rings. The van der Waals surface area contributed by atoms with E-state index in [1.165, 1.54) is 0 Å². The zero-order valence-electron chi connectivity index (χ0n) is 16.1. The molecule has 1 atom stereocenters. The number of carbonyl (C=O) groups is 3. The number of rotatable bonds is 6. The molecule has 0 unspecified atom stereocenters. The van der Waals surface area contributed by atoms with Crippen LogP contribution in [-0.4, -0.2) is 41.8 Å². The molecule has 0 radical (unpaired) electrons. The highest BCUT2D eigenvalue weighted by atomic mass is 16.5. The minimum atomic E-state index is -0.543. The summed E-state index contributed by atoms with van der Waals surface area (Å²) in [6.07, 6.45) is 2.20. The Balaban J connectivity index is 1.86. The topological polar surface area (TPSA) is 98.7 Å². The minimum Gasteiger partial charge on any atom is -0.463 e. The van der Waals surface area contributed by atoms with Crippen LogP contribution in [0.15, 0.2) is 41.7 Å². The maximum Gasteiger partial charge on any atom is 0.340 e. The number of para-hydroxylation sites is 1. The van der Waals surface area contributed by atoms with E-state index in [0.717, 1.165) is 10.9 Å². The van der Waals surface area contributed by atoms with Gasteiger partial charge in [0.1, 0.15) is 6.61 Å². The van der Waals surface area contributed by atoms with Gasteiger partial charge in [-0.05, 0) is 19.4 Å². The van der Waals surface area contributed by atoms with Crippen molar-refractivity contribution >= 4 is 28.9 Å². The second-order valence-corrected chi connectivity index (χ2v) is 6.42. The molecule has 1 aliphatic rings. The van der Waals surface area contributed by atoms with Crippen LogP contribution >= 0.6 is 0 Å². The Morgan fingerprint density at radius 3 is 2.61 bits per heavy atom. The smallest absolute Gasteiger partial charge is 0.340 e. The Kier molecular flexibility index (Phi) is 5.67. The van der Waals surface area contributed by atoms with Crippen molar-refractivity contribution in [2.24, 2.45) is 7.05 Å². The van der Waals surface area contributed by atoms with Gasteiger partial charge in [-0.1, -0.05) is 25.1 Å². The molecule has 8 heteroatoms. The SMILES string of the molecule is CCOC(=O)C1=C(COC(=O)c2cn(C)c3ccccc23)NC(=O)N[C@@H]1CC. The van der Waals surface area contributed by atoms with Gasteiger partial charge in [0.2, 0.25) is 0 Å². The molecule has 2 aromatic rings. The number of aryl methyl sites for hydroxylation is 1. The van der Waals surface area contributed by atoms with Crippen molar-refractivity contribution in [1.29, 1.82) is 0 Å². The number of hydrogen-bond acceptors (Lipinski definition) is 5. The summed E-state index contributed by atoms with van der Waals surface area (Å²) in [5.74, 6) is -1.08. The van der Waals surface area contributed by atoms with E-state index in [4.69, 9.17) is 9.47 Å². The van der Waals surface area contributed by atoms with Crippen LogP contribution < -0.4 is 10.6 Å². The highest BCUT2D eigenvalue weighted by Crippen LogP contribution is 2.22. The van der Waals surface area contributed by atoms with E-state index in [2.05, 4.69) is 10.6 Å². The molecular weight excluding hydrogens is 362 g/mol. The van der Waals surface area contributed by atoms with Gasteiger partial charge in [0, 0.05) is 24.1 Å².